The number of aliphatic hydroxyl groups excluding tert-OH is 1. The number of aromatic nitrogens is 3. The van der Waals surface area contributed by atoms with Gasteiger partial charge in [-0.2, -0.15) is 0 Å². The number of nitrogens with zero attached hydrogens (tertiary/aromatic N) is 3. The van der Waals surface area contributed by atoms with E-state index < -0.39 is 0 Å². The molecule has 1 fully saturated rings. The lowest BCUT2D eigenvalue weighted by molar-refractivity contribution is 0.116. The van der Waals surface area contributed by atoms with Crippen LogP contribution in [0.3, 0.4) is 0 Å². The standard InChI is InChI=1S/C17H22N4O2/c1-10-7-14(23)17(18-9-10)16-11(2)8-15(20-21-16)19-12-5-3-4-6-13(12)22/h7-9,12-13,22-23H,3-6H2,1-2H3,(H,19,20)/t12-,13-/m1/s1. The Morgan fingerprint density at radius 1 is 1.09 bits per heavy atom. The maximum absolute atomic E-state index is 10.1. The molecule has 3 N–H and O–H groups in total. The summed E-state index contributed by atoms with van der Waals surface area (Å²) < 4.78 is 0. The molecule has 0 radical (unpaired) electrons. The summed E-state index contributed by atoms with van der Waals surface area (Å²) in [5.74, 6) is 0.745. The number of aliphatic hydroxyl groups is 1. The second kappa shape index (κ2) is 6.50. The van der Waals surface area contributed by atoms with Crippen molar-refractivity contribution in [3.63, 3.8) is 0 Å². The first-order valence-electron chi connectivity index (χ1n) is 7.99. The summed E-state index contributed by atoms with van der Waals surface area (Å²) in [6.07, 6.45) is 5.30. The van der Waals surface area contributed by atoms with Gasteiger partial charge in [0.2, 0.25) is 0 Å². The zero-order valence-electron chi connectivity index (χ0n) is 13.5. The minimum absolute atomic E-state index is 0.0224. The van der Waals surface area contributed by atoms with Crippen LogP contribution >= 0.6 is 0 Å². The number of anilines is 1. The Morgan fingerprint density at radius 3 is 2.57 bits per heavy atom. The van der Waals surface area contributed by atoms with Gasteiger partial charge in [0, 0.05) is 6.20 Å². The van der Waals surface area contributed by atoms with E-state index in [2.05, 4.69) is 20.5 Å². The van der Waals surface area contributed by atoms with Gasteiger partial charge in [-0.15, -0.1) is 10.2 Å². The van der Waals surface area contributed by atoms with Gasteiger partial charge in [0.25, 0.3) is 0 Å². The number of aryl methyl sites for hydroxylation is 2. The summed E-state index contributed by atoms with van der Waals surface area (Å²) in [4.78, 5) is 4.25. The molecule has 2 aromatic rings. The molecule has 3 rings (SSSR count). The molecule has 122 valence electrons. The van der Waals surface area contributed by atoms with Crippen LogP contribution in [0.15, 0.2) is 18.3 Å². The third-order valence-electron chi connectivity index (χ3n) is 4.28. The van der Waals surface area contributed by atoms with Crippen LogP contribution in [0.5, 0.6) is 5.75 Å². The second-order valence-corrected chi connectivity index (χ2v) is 6.24. The Morgan fingerprint density at radius 2 is 1.87 bits per heavy atom. The number of pyridine rings is 1. The van der Waals surface area contributed by atoms with Crippen molar-refractivity contribution in [1.82, 2.24) is 15.2 Å². The molecule has 0 saturated heterocycles. The summed E-state index contributed by atoms with van der Waals surface area (Å²) in [5.41, 5.74) is 2.77. The Bertz CT molecular complexity index is 705. The largest absolute Gasteiger partial charge is 0.506 e. The van der Waals surface area contributed by atoms with E-state index in [1.807, 2.05) is 19.9 Å². The van der Waals surface area contributed by atoms with E-state index in [4.69, 9.17) is 0 Å². The molecule has 0 unspecified atom stereocenters. The van der Waals surface area contributed by atoms with Crippen molar-refractivity contribution < 1.29 is 10.2 Å². The molecule has 0 spiro atoms. The maximum atomic E-state index is 10.1. The highest BCUT2D eigenvalue weighted by Crippen LogP contribution is 2.29. The highest BCUT2D eigenvalue weighted by atomic mass is 16.3. The lowest BCUT2D eigenvalue weighted by Crippen LogP contribution is -2.36. The summed E-state index contributed by atoms with van der Waals surface area (Å²) in [6, 6.07) is 3.56. The number of nitrogens with one attached hydrogen (secondary N) is 1. The second-order valence-electron chi connectivity index (χ2n) is 6.24. The van der Waals surface area contributed by atoms with E-state index in [1.165, 1.54) is 0 Å². The van der Waals surface area contributed by atoms with Gasteiger partial charge in [0.1, 0.15) is 23.0 Å². The molecule has 1 saturated carbocycles. The van der Waals surface area contributed by atoms with E-state index >= 15 is 0 Å². The van der Waals surface area contributed by atoms with Crippen LogP contribution < -0.4 is 5.32 Å². The van der Waals surface area contributed by atoms with Crippen LogP contribution in [0.1, 0.15) is 36.8 Å². The van der Waals surface area contributed by atoms with E-state index in [0.717, 1.165) is 36.8 Å². The summed E-state index contributed by atoms with van der Waals surface area (Å²) in [6.45, 7) is 3.78. The Balaban J connectivity index is 1.83. The molecule has 0 amide bonds. The van der Waals surface area contributed by atoms with Crippen molar-refractivity contribution in [1.29, 1.82) is 0 Å². The lowest BCUT2D eigenvalue weighted by Gasteiger charge is -2.28. The van der Waals surface area contributed by atoms with Crippen molar-refractivity contribution in [2.45, 2.75) is 51.7 Å². The molecule has 0 aromatic carbocycles. The number of hydrogen-bond donors (Lipinski definition) is 3. The van der Waals surface area contributed by atoms with Crippen LogP contribution in [-0.4, -0.2) is 37.5 Å². The molecule has 6 heteroatoms. The first kappa shape index (κ1) is 15.7. The number of hydrogen-bond acceptors (Lipinski definition) is 6. The van der Waals surface area contributed by atoms with Crippen LogP contribution in [0, 0.1) is 13.8 Å². The minimum Gasteiger partial charge on any atom is -0.506 e. The molecule has 0 bridgehead atoms. The van der Waals surface area contributed by atoms with Gasteiger partial charge in [-0.05, 0) is 49.9 Å². The lowest BCUT2D eigenvalue weighted by atomic mass is 9.92. The maximum Gasteiger partial charge on any atom is 0.149 e. The summed E-state index contributed by atoms with van der Waals surface area (Å²) in [7, 11) is 0. The topological polar surface area (TPSA) is 91.2 Å². The Hall–Kier alpha value is -2.21. The Kier molecular flexibility index (Phi) is 4.43. The SMILES string of the molecule is Cc1cnc(-c2nnc(N[C@@H]3CCCC[C@H]3O)cc2C)c(O)c1. The smallest absolute Gasteiger partial charge is 0.149 e. The van der Waals surface area contributed by atoms with Crippen molar-refractivity contribution >= 4 is 5.82 Å². The Labute approximate surface area is 135 Å². The van der Waals surface area contributed by atoms with Crippen molar-refractivity contribution in [2.75, 3.05) is 5.32 Å². The molecule has 23 heavy (non-hydrogen) atoms. The zero-order valence-corrected chi connectivity index (χ0v) is 13.5. The van der Waals surface area contributed by atoms with Crippen molar-refractivity contribution in [3.8, 4) is 17.1 Å². The molecular formula is C17H22N4O2. The molecule has 1 aliphatic carbocycles. The van der Waals surface area contributed by atoms with Gasteiger partial charge in [0.15, 0.2) is 0 Å². The quantitative estimate of drug-likeness (QED) is 0.806. The van der Waals surface area contributed by atoms with Gasteiger partial charge < -0.3 is 15.5 Å². The van der Waals surface area contributed by atoms with E-state index in [-0.39, 0.29) is 17.9 Å². The van der Waals surface area contributed by atoms with Crippen LogP contribution in [0.25, 0.3) is 11.4 Å². The van der Waals surface area contributed by atoms with E-state index in [1.54, 1.807) is 12.3 Å². The first-order valence-corrected chi connectivity index (χ1v) is 7.99. The summed E-state index contributed by atoms with van der Waals surface area (Å²) >= 11 is 0. The zero-order chi connectivity index (χ0) is 16.4. The average molecular weight is 314 g/mol. The fraction of sp³-hybridized carbons (Fsp3) is 0.471. The molecule has 0 aliphatic heterocycles. The molecule has 2 atom stereocenters. The molecule has 2 heterocycles. The third-order valence-corrected chi connectivity index (χ3v) is 4.28. The monoisotopic (exact) mass is 314 g/mol. The first-order chi connectivity index (χ1) is 11.0. The fourth-order valence-electron chi connectivity index (χ4n) is 3.00. The van der Waals surface area contributed by atoms with Gasteiger partial charge in [0.05, 0.1) is 12.1 Å². The van der Waals surface area contributed by atoms with E-state index in [9.17, 15) is 10.2 Å². The van der Waals surface area contributed by atoms with Gasteiger partial charge in [-0.25, -0.2) is 0 Å². The van der Waals surface area contributed by atoms with Gasteiger partial charge in [-0.3, -0.25) is 4.98 Å². The third kappa shape index (κ3) is 3.42. The summed E-state index contributed by atoms with van der Waals surface area (Å²) in [5, 5.41) is 31.8. The van der Waals surface area contributed by atoms with Gasteiger partial charge in [-0.1, -0.05) is 12.8 Å². The molecule has 6 nitrogen and oxygen atoms in total. The predicted octanol–water partition coefficient (Wildman–Crippen LogP) is 2.58. The highest BCUT2D eigenvalue weighted by Gasteiger charge is 2.23. The predicted molar refractivity (Wildman–Crippen MR) is 88.3 cm³/mol. The van der Waals surface area contributed by atoms with Crippen LogP contribution in [0.4, 0.5) is 5.82 Å². The average Bonchev–Trinajstić information content (AvgIpc) is 2.51. The number of aromatic hydroxyl groups is 1. The van der Waals surface area contributed by atoms with Crippen LogP contribution in [0.2, 0.25) is 0 Å². The van der Waals surface area contributed by atoms with E-state index in [0.29, 0.717) is 17.2 Å². The van der Waals surface area contributed by atoms with Crippen molar-refractivity contribution in [2.24, 2.45) is 0 Å². The highest BCUT2D eigenvalue weighted by molar-refractivity contribution is 5.66. The fourth-order valence-corrected chi connectivity index (χ4v) is 3.00. The minimum atomic E-state index is -0.339. The number of rotatable bonds is 3. The molecule has 1 aliphatic rings. The van der Waals surface area contributed by atoms with Crippen molar-refractivity contribution in [3.05, 3.63) is 29.5 Å². The normalized spacial score (nSPS) is 21.2. The van der Waals surface area contributed by atoms with Crippen LogP contribution in [-0.2, 0) is 0 Å². The van der Waals surface area contributed by atoms with Gasteiger partial charge >= 0.3 is 0 Å². The molecular weight excluding hydrogens is 292 g/mol. The molecule has 2 aromatic heterocycles.